The maximum Gasteiger partial charge on any atom is 0.263 e. The molecular formula is C18H14ClF2N3O2S. The largest absolute Gasteiger partial charge is 0.366 e. The summed E-state index contributed by atoms with van der Waals surface area (Å²) in [5, 5.41) is 3.63. The Morgan fingerprint density at radius 3 is 2.52 bits per heavy atom. The highest BCUT2D eigenvalue weighted by molar-refractivity contribution is 7.92. The van der Waals surface area contributed by atoms with E-state index >= 15 is 0 Å². The molecule has 9 heteroatoms. The quantitative estimate of drug-likeness (QED) is 0.632. The monoisotopic (exact) mass is 409 g/mol. The van der Waals surface area contributed by atoms with Gasteiger partial charge in [0.2, 0.25) is 0 Å². The Balaban J connectivity index is 1.72. The van der Waals surface area contributed by atoms with Crippen molar-refractivity contribution < 1.29 is 17.2 Å². The first-order valence-corrected chi connectivity index (χ1v) is 9.62. The highest BCUT2D eigenvalue weighted by Crippen LogP contribution is 2.21. The fourth-order valence-electron chi connectivity index (χ4n) is 2.25. The number of nitrogens with zero attached hydrogens (tertiary/aromatic N) is 1. The van der Waals surface area contributed by atoms with Crippen molar-refractivity contribution in [2.24, 2.45) is 0 Å². The molecule has 0 amide bonds. The predicted molar refractivity (Wildman–Crippen MR) is 100 cm³/mol. The second-order valence-electron chi connectivity index (χ2n) is 5.55. The van der Waals surface area contributed by atoms with Gasteiger partial charge in [-0.1, -0.05) is 29.8 Å². The van der Waals surface area contributed by atoms with Crippen molar-refractivity contribution in [3.8, 4) is 0 Å². The Kier molecular flexibility index (Phi) is 5.57. The highest BCUT2D eigenvalue weighted by atomic mass is 35.5. The van der Waals surface area contributed by atoms with Gasteiger partial charge in [0.15, 0.2) is 0 Å². The van der Waals surface area contributed by atoms with Gasteiger partial charge in [0, 0.05) is 23.8 Å². The summed E-state index contributed by atoms with van der Waals surface area (Å²) in [6.45, 7) is 0.408. The predicted octanol–water partition coefficient (Wildman–Crippen LogP) is 4.43. The van der Waals surface area contributed by atoms with E-state index in [1.165, 1.54) is 12.1 Å². The van der Waals surface area contributed by atoms with Crippen LogP contribution < -0.4 is 10.0 Å². The van der Waals surface area contributed by atoms with Gasteiger partial charge in [-0.05, 0) is 35.9 Å². The van der Waals surface area contributed by atoms with E-state index in [2.05, 4.69) is 10.3 Å². The van der Waals surface area contributed by atoms with E-state index in [1.807, 2.05) is 22.9 Å². The minimum atomic E-state index is -4.11. The van der Waals surface area contributed by atoms with Crippen molar-refractivity contribution >= 4 is 33.1 Å². The molecule has 1 heterocycles. The Morgan fingerprint density at radius 2 is 1.81 bits per heavy atom. The van der Waals surface area contributed by atoms with Crippen LogP contribution in [0.15, 0.2) is 65.7 Å². The Morgan fingerprint density at radius 1 is 1.04 bits per heavy atom. The molecule has 0 bridgehead atoms. The topological polar surface area (TPSA) is 71.1 Å². The molecule has 0 aliphatic carbocycles. The van der Waals surface area contributed by atoms with Crippen LogP contribution in [0.5, 0.6) is 0 Å². The van der Waals surface area contributed by atoms with E-state index in [4.69, 9.17) is 11.6 Å². The van der Waals surface area contributed by atoms with Crippen LogP contribution in [0.25, 0.3) is 0 Å². The van der Waals surface area contributed by atoms with E-state index in [9.17, 15) is 17.2 Å². The molecule has 1 aromatic heterocycles. The third-order valence-electron chi connectivity index (χ3n) is 3.64. The number of anilines is 2. The summed E-state index contributed by atoms with van der Waals surface area (Å²) in [6, 6.07) is 12.6. The molecule has 0 saturated heterocycles. The molecule has 27 heavy (non-hydrogen) atoms. The molecule has 0 atom stereocenters. The molecule has 5 nitrogen and oxygen atoms in total. The highest BCUT2D eigenvalue weighted by Gasteiger charge is 2.17. The summed E-state index contributed by atoms with van der Waals surface area (Å²) in [7, 11) is -4.11. The van der Waals surface area contributed by atoms with E-state index in [-0.39, 0.29) is 4.90 Å². The average molecular weight is 410 g/mol. The van der Waals surface area contributed by atoms with E-state index in [0.717, 1.165) is 30.0 Å². The SMILES string of the molecule is O=S(=O)(Nc1cc(F)ccc1F)c1ccc(NCc2ccccc2Cl)nc1. The molecule has 3 aromatic rings. The molecule has 140 valence electrons. The molecular weight excluding hydrogens is 396 g/mol. The lowest BCUT2D eigenvalue weighted by molar-refractivity contribution is 0.594. The van der Waals surface area contributed by atoms with Crippen molar-refractivity contribution in [1.82, 2.24) is 4.98 Å². The van der Waals surface area contributed by atoms with Crippen molar-refractivity contribution in [3.63, 3.8) is 0 Å². The standard InChI is InChI=1S/C18H14ClF2N3O2S/c19-15-4-2-1-3-12(15)10-22-18-8-6-14(11-23-18)27(25,26)24-17-9-13(20)5-7-16(17)21/h1-9,11,24H,10H2,(H,22,23). The molecule has 2 N–H and O–H groups in total. The minimum Gasteiger partial charge on any atom is -0.366 e. The average Bonchev–Trinajstić information content (AvgIpc) is 2.64. The number of pyridine rings is 1. The zero-order valence-electron chi connectivity index (χ0n) is 13.8. The Hall–Kier alpha value is -2.71. The van der Waals surface area contributed by atoms with E-state index in [1.54, 1.807) is 6.07 Å². The minimum absolute atomic E-state index is 0.186. The van der Waals surface area contributed by atoms with Crippen LogP contribution in [-0.4, -0.2) is 13.4 Å². The zero-order chi connectivity index (χ0) is 19.4. The fraction of sp³-hybridized carbons (Fsp3) is 0.0556. The Bertz CT molecular complexity index is 1060. The second-order valence-corrected chi connectivity index (χ2v) is 7.64. The second kappa shape index (κ2) is 7.89. The van der Waals surface area contributed by atoms with E-state index in [0.29, 0.717) is 17.4 Å². The summed E-state index contributed by atoms with van der Waals surface area (Å²) in [5.41, 5.74) is 0.386. The number of hydrogen-bond donors (Lipinski definition) is 2. The first kappa shape index (κ1) is 19.1. The van der Waals surface area contributed by atoms with E-state index < -0.39 is 27.3 Å². The number of halogens is 3. The smallest absolute Gasteiger partial charge is 0.263 e. The summed E-state index contributed by atoms with van der Waals surface area (Å²) in [6.07, 6.45) is 1.12. The maximum absolute atomic E-state index is 13.6. The first-order valence-electron chi connectivity index (χ1n) is 7.76. The van der Waals surface area contributed by atoms with Gasteiger partial charge in [-0.2, -0.15) is 0 Å². The fourth-order valence-corrected chi connectivity index (χ4v) is 3.46. The van der Waals surface area contributed by atoms with Gasteiger partial charge in [0.05, 0.1) is 5.69 Å². The van der Waals surface area contributed by atoms with Gasteiger partial charge < -0.3 is 5.32 Å². The molecule has 0 unspecified atom stereocenters. The third-order valence-corrected chi connectivity index (χ3v) is 5.36. The van der Waals surface area contributed by atoms with Crippen LogP contribution in [0.4, 0.5) is 20.3 Å². The molecule has 2 aromatic carbocycles. The van der Waals surface area contributed by atoms with Gasteiger partial charge in [-0.25, -0.2) is 22.2 Å². The van der Waals surface area contributed by atoms with Crippen LogP contribution >= 0.6 is 11.6 Å². The van der Waals surface area contributed by atoms with Crippen LogP contribution in [0, 0.1) is 11.6 Å². The number of benzene rings is 2. The number of aromatic nitrogens is 1. The van der Waals surface area contributed by atoms with Crippen LogP contribution in [0.2, 0.25) is 5.02 Å². The number of rotatable bonds is 6. The van der Waals surface area contributed by atoms with Gasteiger partial charge in [-0.3, -0.25) is 4.72 Å². The van der Waals surface area contributed by atoms with Crippen LogP contribution in [-0.2, 0) is 16.6 Å². The summed E-state index contributed by atoms with van der Waals surface area (Å²) < 4.78 is 53.5. The van der Waals surface area contributed by atoms with Crippen molar-refractivity contribution in [2.45, 2.75) is 11.4 Å². The maximum atomic E-state index is 13.6. The molecule has 3 rings (SSSR count). The normalized spacial score (nSPS) is 11.2. The lowest BCUT2D eigenvalue weighted by Gasteiger charge is -2.10. The molecule has 0 fully saturated rings. The molecule has 0 saturated carbocycles. The lowest BCUT2D eigenvalue weighted by Crippen LogP contribution is -2.14. The molecule has 0 spiro atoms. The van der Waals surface area contributed by atoms with Crippen molar-refractivity contribution in [2.75, 3.05) is 10.0 Å². The molecule has 0 aliphatic rings. The van der Waals surface area contributed by atoms with Crippen molar-refractivity contribution in [1.29, 1.82) is 0 Å². The van der Waals surface area contributed by atoms with Crippen LogP contribution in [0.3, 0.4) is 0 Å². The van der Waals surface area contributed by atoms with Gasteiger partial charge in [0.25, 0.3) is 10.0 Å². The van der Waals surface area contributed by atoms with Crippen LogP contribution in [0.1, 0.15) is 5.56 Å². The third kappa shape index (κ3) is 4.72. The number of nitrogens with one attached hydrogen (secondary N) is 2. The molecule has 0 aliphatic heterocycles. The Labute approximate surface area is 160 Å². The summed E-state index contributed by atoms with van der Waals surface area (Å²) in [4.78, 5) is 3.84. The first-order chi connectivity index (χ1) is 12.8. The number of hydrogen-bond acceptors (Lipinski definition) is 4. The van der Waals surface area contributed by atoms with Gasteiger partial charge >= 0.3 is 0 Å². The summed E-state index contributed by atoms with van der Waals surface area (Å²) >= 11 is 6.07. The lowest BCUT2D eigenvalue weighted by atomic mass is 10.2. The number of sulfonamides is 1. The molecule has 0 radical (unpaired) electrons. The van der Waals surface area contributed by atoms with Crippen molar-refractivity contribution in [3.05, 3.63) is 83.0 Å². The van der Waals surface area contributed by atoms with Gasteiger partial charge in [0.1, 0.15) is 22.3 Å². The van der Waals surface area contributed by atoms with Gasteiger partial charge in [-0.15, -0.1) is 0 Å². The zero-order valence-corrected chi connectivity index (χ0v) is 15.4. The summed E-state index contributed by atoms with van der Waals surface area (Å²) in [5.74, 6) is -1.21.